The van der Waals surface area contributed by atoms with Crippen molar-refractivity contribution in [3.63, 3.8) is 0 Å². The molecule has 1 aromatic carbocycles. The lowest BCUT2D eigenvalue weighted by Gasteiger charge is -2.20. The van der Waals surface area contributed by atoms with Crippen molar-refractivity contribution in [2.45, 2.75) is 71.1 Å². The number of hydrogen-bond acceptors (Lipinski definition) is 3. The number of carbonyl (C=O) groups excluding carboxylic acids is 1. The third kappa shape index (κ3) is 6.78. The predicted octanol–water partition coefficient (Wildman–Crippen LogP) is 4.59. The number of nitrogens with one attached hydrogen (secondary N) is 1. The number of halogens is 1. The molecule has 0 radical (unpaired) electrons. The molecule has 7 heteroatoms. The average molecular weight is 429 g/mol. The SMILES string of the molecule is C.C.O=C(NCC1CCN(S(=O)(=O)c2ccc(F)cc2)C1)C1CCCCCCC1. The molecular weight excluding hydrogens is 391 g/mol. The second-order valence-corrected chi connectivity index (χ2v) is 9.70. The van der Waals surface area contributed by atoms with Gasteiger partial charge in [-0.2, -0.15) is 4.31 Å². The molecule has 1 aliphatic heterocycles. The van der Waals surface area contributed by atoms with Gasteiger partial charge in [0.05, 0.1) is 4.90 Å². The number of sulfonamides is 1. The molecule has 1 saturated heterocycles. The fourth-order valence-corrected chi connectivity index (χ4v) is 5.58. The second-order valence-electron chi connectivity index (χ2n) is 7.76. The maximum Gasteiger partial charge on any atom is 0.243 e. The van der Waals surface area contributed by atoms with Gasteiger partial charge >= 0.3 is 0 Å². The molecule has 3 rings (SSSR count). The van der Waals surface area contributed by atoms with Crippen LogP contribution in [0, 0.1) is 17.7 Å². The lowest BCUT2D eigenvalue weighted by Crippen LogP contribution is -2.36. The van der Waals surface area contributed by atoms with Crippen LogP contribution in [-0.2, 0) is 14.8 Å². The largest absolute Gasteiger partial charge is 0.356 e. The number of amides is 1. The van der Waals surface area contributed by atoms with E-state index in [1.54, 1.807) is 0 Å². The van der Waals surface area contributed by atoms with Gasteiger partial charge in [0.25, 0.3) is 0 Å². The number of carbonyl (C=O) groups is 1. The number of nitrogens with zero attached hydrogens (tertiary/aromatic N) is 1. The van der Waals surface area contributed by atoms with Crippen molar-refractivity contribution in [2.24, 2.45) is 11.8 Å². The Kier molecular flexibility index (Phi) is 10.3. The van der Waals surface area contributed by atoms with Crippen molar-refractivity contribution < 1.29 is 17.6 Å². The van der Waals surface area contributed by atoms with E-state index in [4.69, 9.17) is 0 Å². The van der Waals surface area contributed by atoms with E-state index in [2.05, 4.69) is 5.32 Å². The summed E-state index contributed by atoms with van der Waals surface area (Å²) in [6, 6.07) is 4.92. The molecule has 2 fully saturated rings. The van der Waals surface area contributed by atoms with E-state index in [0.717, 1.165) is 44.2 Å². The minimum absolute atomic E-state index is 0. The van der Waals surface area contributed by atoms with Crippen LogP contribution in [0.25, 0.3) is 0 Å². The van der Waals surface area contributed by atoms with E-state index in [-0.39, 0.29) is 37.5 Å². The molecule has 2 aliphatic rings. The molecule has 1 heterocycles. The van der Waals surface area contributed by atoms with Crippen molar-refractivity contribution in [3.8, 4) is 0 Å². The smallest absolute Gasteiger partial charge is 0.243 e. The zero-order valence-corrected chi connectivity index (χ0v) is 16.5. The Hall–Kier alpha value is -1.47. The third-order valence-corrected chi connectivity index (χ3v) is 7.62. The molecule has 166 valence electrons. The van der Waals surface area contributed by atoms with Gasteiger partial charge in [-0.3, -0.25) is 4.79 Å². The highest BCUT2D eigenvalue weighted by Gasteiger charge is 2.33. The summed E-state index contributed by atoms with van der Waals surface area (Å²) in [5.74, 6) is -0.106. The summed E-state index contributed by atoms with van der Waals surface area (Å²) >= 11 is 0. The van der Waals surface area contributed by atoms with E-state index in [1.165, 1.54) is 35.7 Å². The molecule has 1 atom stereocenters. The highest BCUT2D eigenvalue weighted by Crippen LogP contribution is 2.25. The summed E-state index contributed by atoms with van der Waals surface area (Å²) < 4.78 is 39.8. The summed E-state index contributed by atoms with van der Waals surface area (Å²) in [4.78, 5) is 12.6. The molecule has 1 aliphatic carbocycles. The first-order chi connectivity index (χ1) is 13.0. The predicted molar refractivity (Wildman–Crippen MR) is 116 cm³/mol. The van der Waals surface area contributed by atoms with Crippen molar-refractivity contribution in [1.82, 2.24) is 9.62 Å². The van der Waals surface area contributed by atoms with E-state index in [1.807, 2.05) is 0 Å². The normalized spacial score (nSPS) is 21.3. The van der Waals surface area contributed by atoms with Gasteiger partial charge in [-0.15, -0.1) is 0 Å². The van der Waals surface area contributed by atoms with Gasteiger partial charge in [0.2, 0.25) is 15.9 Å². The molecule has 1 aromatic rings. The van der Waals surface area contributed by atoms with Crippen LogP contribution in [0.2, 0.25) is 0 Å². The van der Waals surface area contributed by atoms with E-state index < -0.39 is 15.8 Å². The molecule has 29 heavy (non-hydrogen) atoms. The van der Waals surface area contributed by atoms with Gasteiger partial charge in [-0.25, -0.2) is 12.8 Å². The van der Waals surface area contributed by atoms with Crippen LogP contribution in [0.3, 0.4) is 0 Å². The lowest BCUT2D eigenvalue weighted by molar-refractivity contribution is -0.125. The summed E-state index contributed by atoms with van der Waals surface area (Å²) in [5, 5.41) is 3.05. The Bertz CT molecular complexity index is 729. The zero-order chi connectivity index (χ0) is 19.3. The van der Waals surface area contributed by atoms with Crippen molar-refractivity contribution in [1.29, 1.82) is 0 Å². The van der Waals surface area contributed by atoms with Gasteiger partial charge < -0.3 is 5.32 Å². The van der Waals surface area contributed by atoms with Crippen LogP contribution in [0.15, 0.2) is 29.2 Å². The highest BCUT2D eigenvalue weighted by atomic mass is 32.2. The topological polar surface area (TPSA) is 66.5 Å². The van der Waals surface area contributed by atoms with Gasteiger partial charge in [-0.05, 0) is 49.4 Å². The second kappa shape index (κ2) is 11.6. The van der Waals surface area contributed by atoms with Gasteiger partial charge in [-0.1, -0.05) is 47.0 Å². The maximum atomic E-state index is 13.0. The third-order valence-electron chi connectivity index (χ3n) is 5.74. The summed E-state index contributed by atoms with van der Waals surface area (Å²) in [6.45, 7) is 1.35. The minimum Gasteiger partial charge on any atom is -0.356 e. The molecule has 0 spiro atoms. The van der Waals surface area contributed by atoms with Gasteiger partial charge in [0.1, 0.15) is 5.82 Å². The van der Waals surface area contributed by atoms with Crippen LogP contribution in [0.5, 0.6) is 0 Å². The van der Waals surface area contributed by atoms with Crippen molar-refractivity contribution in [2.75, 3.05) is 19.6 Å². The average Bonchev–Trinajstić information content (AvgIpc) is 3.10. The molecule has 1 amide bonds. The van der Waals surface area contributed by atoms with E-state index in [9.17, 15) is 17.6 Å². The number of hydrogen-bond donors (Lipinski definition) is 1. The van der Waals surface area contributed by atoms with Crippen LogP contribution in [-0.4, -0.2) is 38.3 Å². The fraction of sp³-hybridized carbons (Fsp3) is 0.682. The number of rotatable bonds is 5. The van der Waals surface area contributed by atoms with E-state index >= 15 is 0 Å². The fourth-order valence-electron chi connectivity index (χ4n) is 4.05. The van der Waals surface area contributed by atoms with Crippen LogP contribution >= 0.6 is 0 Å². The van der Waals surface area contributed by atoms with Gasteiger partial charge in [0, 0.05) is 25.6 Å². The van der Waals surface area contributed by atoms with E-state index in [0.29, 0.717) is 19.6 Å². The Morgan fingerprint density at radius 3 is 2.21 bits per heavy atom. The Morgan fingerprint density at radius 2 is 1.59 bits per heavy atom. The quantitative estimate of drug-likeness (QED) is 0.746. The first kappa shape index (κ1) is 25.6. The van der Waals surface area contributed by atoms with Gasteiger partial charge in [0.15, 0.2) is 0 Å². The molecule has 1 unspecified atom stereocenters. The summed E-state index contributed by atoms with van der Waals surface area (Å²) in [6.07, 6.45) is 8.57. The highest BCUT2D eigenvalue weighted by molar-refractivity contribution is 7.89. The zero-order valence-electron chi connectivity index (χ0n) is 15.7. The van der Waals surface area contributed by atoms with Crippen LogP contribution < -0.4 is 5.32 Å². The van der Waals surface area contributed by atoms with Crippen LogP contribution in [0.1, 0.15) is 66.2 Å². The summed E-state index contributed by atoms with van der Waals surface area (Å²) in [5.41, 5.74) is 0. The first-order valence-corrected chi connectivity index (χ1v) is 11.4. The molecule has 0 bridgehead atoms. The molecular formula is C22H37FN2O3S. The summed E-state index contributed by atoms with van der Waals surface area (Å²) in [7, 11) is -3.60. The minimum atomic E-state index is -3.60. The monoisotopic (exact) mass is 428 g/mol. The Morgan fingerprint density at radius 1 is 1.00 bits per heavy atom. The molecule has 1 saturated carbocycles. The van der Waals surface area contributed by atoms with Crippen molar-refractivity contribution >= 4 is 15.9 Å². The first-order valence-electron chi connectivity index (χ1n) is 10.0. The van der Waals surface area contributed by atoms with Crippen LogP contribution in [0.4, 0.5) is 4.39 Å². The lowest BCUT2D eigenvalue weighted by atomic mass is 9.90. The maximum absolute atomic E-state index is 13.0. The standard InChI is InChI=1S/C20H29FN2O3S.2CH4/c21-18-8-10-19(11-9-18)27(25,26)23-13-12-16(15-23)14-22-20(24)17-6-4-2-1-3-5-7-17;;/h8-11,16-17H,1-7,12-15H2,(H,22,24);2*1H4. The Labute approximate surface area is 176 Å². The Balaban J connectivity index is 0.00000210. The molecule has 0 aromatic heterocycles. The van der Waals surface area contributed by atoms with Crippen molar-refractivity contribution in [3.05, 3.63) is 30.1 Å². The molecule has 1 N–H and O–H groups in total. The molecule has 5 nitrogen and oxygen atoms in total. The number of benzene rings is 1.